The number of hydrogen-bond acceptors (Lipinski definition) is 5. The first kappa shape index (κ1) is 18.0. The molecule has 1 atom stereocenters. The number of aromatic nitrogens is 3. The van der Waals surface area contributed by atoms with Crippen LogP contribution in [0.1, 0.15) is 42.6 Å². The van der Waals surface area contributed by atoms with E-state index in [-0.39, 0.29) is 11.3 Å². The fraction of sp³-hybridized carbons (Fsp3) is 0.524. The van der Waals surface area contributed by atoms with Crippen molar-refractivity contribution in [2.24, 2.45) is 5.41 Å². The molecular weight excluding hydrogens is 338 g/mol. The third-order valence-electron chi connectivity index (χ3n) is 5.83. The number of carbonyl (C=O) groups is 1. The Morgan fingerprint density at radius 3 is 2.70 bits per heavy atom. The summed E-state index contributed by atoms with van der Waals surface area (Å²) >= 11 is 0. The Bertz CT molecular complexity index is 779. The molecule has 142 valence electrons. The molecule has 6 heteroatoms. The SMILES string of the molecule is Cc1cnc(CN2CC3(CCCN(Cc4ccncc4)C3)CCC2=O)cn1. The van der Waals surface area contributed by atoms with Gasteiger partial charge in [0.1, 0.15) is 0 Å². The first-order chi connectivity index (χ1) is 13.1. The number of nitrogens with zero attached hydrogens (tertiary/aromatic N) is 5. The minimum absolute atomic E-state index is 0.206. The van der Waals surface area contributed by atoms with E-state index in [4.69, 9.17) is 0 Å². The zero-order chi connectivity index (χ0) is 18.7. The molecule has 0 aromatic carbocycles. The van der Waals surface area contributed by atoms with Gasteiger partial charge in [-0.3, -0.25) is 24.6 Å². The molecule has 0 saturated carbocycles. The average molecular weight is 365 g/mol. The minimum atomic E-state index is 0.206. The summed E-state index contributed by atoms with van der Waals surface area (Å²) in [5.74, 6) is 0.245. The maximum absolute atomic E-state index is 12.5. The number of piperidine rings is 2. The summed E-state index contributed by atoms with van der Waals surface area (Å²) in [5, 5.41) is 0. The summed E-state index contributed by atoms with van der Waals surface area (Å²) < 4.78 is 0. The van der Waals surface area contributed by atoms with Crippen molar-refractivity contribution >= 4 is 5.91 Å². The van der Waals surface area contributed by atoms with E-state index in [1.165, 1.54) is 18.4 Å². The van der Waals surface area contributed by atoms with Gasteiger partial charge in [0.05, 0.1) is 24.1 Å². The second-order valence-electron chi connectivity index (χ2n) is 8.07. The molecule has 1 amide bonds. The fourth-order valence-corrected chi connectivity index (χ4v) is 4.47. The van der Waals surface area contributed by atoms with Gasteiger partial charge >= 0.3 is 0 Å². The molecule has 1 unspecified atom stereocenters. The summed E-state index contributed by atoms with van der Waals surface area (Å²) in [6, 6.07) is 4.18. The quantitative estimate of drug-likeness (QED) is 0.833. The minimum Gasteiger partial charge on any atom is -0.336 e. The van der Waals surface area contributed by atoms with Crippen LogP contribution in [0.4, 0.5) is 0 Å². The van der Waals surface area contributed by atoms with E-state index >= 15 is 0 Å². The third kappa shape index (κ3) is 4.33. The molecule has 6 nitrogen and oxygen atoms in total. The predicted molar refractivity (Wildman–Crippen MR) is 103 cm³/mol. The van der Waals surface area contributed by atoms with Gasteiger partial charge in [-0.2, -0.15) is 0 Å². The predicted octanol–water partition coefficient (Wildman–Crippen LogP) is 2.58. The highest BCUT2D eigenvalue weighted by Gasteiger charge is 2.41. The molecule has 2 saturated heterocycles. The lowest BCUT2D eigenvalue weighted by Gasteiger charge is -2.48. The van der Waals surface area contributed by atoms with E-state index in [2.05, 4.69) is 32.0 Å². The van der Waals surface area contributed by atoms with Crippen LogP contribution in [0.3, 0.4) is 0 Å². The van der Waals surface area contributed by atoms with Gasteiger partial charge in [0, 0.05) is 50.1 Å². The van der Waals surface area contributed by atoms with Crippen LogP contribution in [0.2, 0.25) is 0 Å². The Hall–Kier alpha value is -2.34. The van der Waals surface area contributed by atoms with E-state index in [9.17, 15) is 4.79 Å². The van der Waals surface area contributed by atoms with Crippen LogP contribution in [-0.2, 0) is 17.9 Å². The highest BCUT2D eigenvalue weighted by Crippen LogP contribution is 2.39. The highest BCUT2D eigenvalue weighted by atomic mass is 16.2. The van der Waals surface area contributed by atoms with Crippen molar-refractivity contribution in [3.8, 4) is 0 Å². The average Bonchev–Trinajstić information content (AvgIpc) is 2.68. The summed E-state index contributed by atoms with van der Waals surface area (Å²) in [7, 11) is 0. The van der Waals surface area contributed by atoms with Crippen molar-refractivity contribution in [3.05, 3.63) is 53.9 Å². The maximum atomic E-state index is 12.5. The number of rotatable bonds is 4. The van der Waals surface area contributed by atoms with Gasteiger partial charge < -0.3 is 4.90 Å². The smallest absolute Gasteiger partial charge is 0.222 e. The number of pyridine rings is 1. The lowest BCUT2D eigenvalue weighted by atomic mass is 9.73. The van der Waals surface area contributed by atoms with Crippen LogP contribution in [0.25, 0.3) is 0 Å². The van der Waals surface area contributed by atoms with E-state index < -0.39 is 0 Å². The van der Waals surface area contributed by atoms with Crippen molar-refractivity contribution in [1.29, 1.82) is 0 Å². The molecule has 27 heavy (non-hydrogen) atoms. The van der Waals surface area contributed by atoms with E-state index in [1.807, 2.05) is 24.2 Å². The number of carbonyl (C=O) groups excluding carboxylic acids is 1. The van der Waals surface area contributed by atoms with Crippen molar-refractivity contribution in [3.63, 3.8) is 0 Å². The first-order valence-corrected chi connectivity index (χ1v) is 9.79. The van der Waals surface area contributed by atoms with E-state index in [1.54, 1.807) is 12.4 Å². The molecule has 2 aliphatic heterocycles. The Balaban J connectivity index is 1.43. The number of likely N-dealkylation sites (tertiary alicyclic amines) is 2. The Morgan fingerprint density at radius 1 is 1.07 bits per heavy atom. The molecule has 2 aromatic rings. The molecule has 4 rings (SSSR count). The van der Waals surface area contributed by atoms with Crippen LogP contribution in [0, 0.1) is 12.3 Å². The normalized spacial score (nSPS) is 23.7. The molecule has 0 bridgehead atoms. The molecule has 2 aromatic heterocycles. The van der Waals surface area contributed by atoms with Gasteiger partial charge in [0.25, 0.3) is 0 Å². The lowest BCUT2D eigenvalue weighted by molar-refractivity contribution is -0.140. The van der Waals surface area contributed by atoms with Crippen LogP contribution in [0.5, 0.6) is 0 Å². The molecule has 2 fully saturated rings. The van der Waals surface area contributed by atoms with Crippen molar-refractivity contribution in [2.75, 3.05) is 19.6 Å². The van der Waals surface area contributed by atoms with Crippen LogP contribution in [0.15, 0.2) is 36.9 Å². The van der Waals surface area contributed by atoms with Crippen LogP contribution >= 0.6 is 0 Å². The summed E-state index contributed by atoms with van der Waals surface area (Å²) in [4.78, 5) is 29.9. The highest BCUT2D eigenvalue weighted by molar-refractivity contribution is 5.77. The van der Waals surface area contributed by atoms with E-state index in [0.29, 0.717) is 13.0 Å². The molecular formula is C21H27N5O. The van der Waals surface area contributed by atoms with Gasteiger partial charge in [-0.05, 0) is 50.4 Å². The molecule has 2 aliphatic rings. The number of hydrogen-bond donors (Lipinski definition) is 0. The van der Waals surface area contributed by atoms with Gasteiger partial charge in [0.15, 0.2) is 0 Å². The van der Waals surface area contributed by atoms with Gasteiger partial charge in [-0.25, -0.2) is 0 Å². The zero-order valence-electron chi connectivity index (χ0n) is 16.0. The van der Waals surface area contributed by atoms with Crippen molar-refractivity contribution in [1.82, 2.24) is 24.8 Å². The van der Waals surface area contributed by atoms with Gasteiger partial charge in [-0.1, -0.05) is 0 Å². The summed E-state index contributed by atoms with van der Waals surface area (Å²) in [5.41, 5.74) is 3.28. The van der Waals surface area contributed by atoms with Gasteiger partial charge in [0.2, 0.25) is 5.91 Å². The molecule has 0 aliphatic carbocycles. The zero-order valence-corrected chi connectivity index (χ0v) is 16.0. The standard InChI is InChI=1S/C21H27N5O/c1-17-11-24-19(12-23-17)14-26-16-21(7-3-20(26)27)6-2-10-25(15-21)13-18-4-8-22-9-5-18/h4-5,8-9,11-12H,2-3,6-7,10,13-16H2,1H3. The Labute approximate surface area is 160 Å². The van der Waals surface area contributed by atoms with Crippen LogP contribution in [-0.4, -0.2) is 50.3 Å². The van der Waals surface area contributed by atoms with Crippen molar-refractivity contribution < 1.29 is 4.79 Å². The summed E-state index contributed by atoms with van der Waals surface area (Å²) in [6.07, 6.45) is 11.3. The second-order valence-corrected chi connectivity index (χ2v) is 8.07. The Morgan fingerprint density at radius 2 is 1.93 bits per heavy atom. The largest absolute Gasteiger partial charge is 0.336 e. The first-order valence-electron chi connectivity index (χ1n) is 9.79. The molecule has 1 spiro atoms. The lowest BCUT2D eigenvalue weighted by Crippen LogP contribution is -2.53. The van der Waals surface area contributed by atoms with E-state index in [0.717, 1.165) is 44.0 Å². The topological polar surface area (TPSA) is 62.2 Å². The molecule has 0 radical (unpaired) electrons. The Kier molecular flexibility index (Phi) is 5.16. The molecule has 0 N–H and O–H groups in total. The third-order valence-corrected chi connectivity index (χ3v) is 5.83. The second kappa shape index (κ2) is 7.72. The summed E-state index contributed by atoms with van der Waals surface area (Å²) in [6.45, 7) is 6.46. The maximum Gasteiger partial charge on any atom is 0.222 e. The molecule has 4 heterocycles. The van der Waals surface area contributed by atoms with Crippen molar-refractivity contribution in [2.45, 2.75) is 45.7 Å². The number of amides is 1. The van der Waals surface area contributed by atoms with Crippen LogP contribution < -0.4 is 0 Å². The number of aryl methyl sites for hydroxylation is 1. The fourth-order valence-electron chi connectivity index (χ4n) is 4.47. The monoisotopic (exact) mass is 365 g/mol. The van der Waals surface area contributed by atoms with Gasteiger partial charge in [-0.15, -0.1) is 0 Å².